The number of aliphatic hydroxyl groups is 5. The summed E-state index contributed by atoms with van der Waals surface area (Å²) in [4.78, 5) is 13.0. The van der Waals surface area contributed by atoms with Crippen LogP contribution in [0, 0.1) is 0 Å². The van der Waals surface area contributed by atoms with E-state index in [1.165, 1.54) is 238 Å². The van der Waals surface area contributed by atoms with E-state index in [0.29, 0.717) is 12.8 Å². The van der Waals surface area contributed by atoms with Gasteiger partial charge < -0.3 is 40.3 Å². The van der Waals surface area contributed by atoms with Gasteiger partial charge in [-0.2, -0.15) is 0 Å². The number of carbonyl (C=O) groups is 1. The summed E-state index contributed by atoms with van der Waals surface area (Å²) in [5, 5.41) is 54.7. The van der Waals surface area contributed by atoms with Gasteiger partial charge in [-0.3, -0.25) is 4.79 Å². The Morgan fingerprint density at radius 1 is 0.471 bits per heavy atom. The molecule has 0 radical (unpaired) electrons. The number of nitrogens with one attached hydrogen (secondary N) is 1. The minimum Gasteiger partial charge on any atom is -0.394 e. The Balaban J connectivity index is 2.10. The van der Waals surface area contributed by atoms with E-state index in [-0.39, 0.29) is 12.5 Å². The lowest BCUT2D eigenvalue weighted by Gasteiger charge is -2.40. The normalized spacial score (nSPS) is 19.3. The topological polar surface area (TPSA) is 149 Å². The summed E-state index contributed by atoms with van der Waals surface area (Å²) >= 11 is 0. The SMILES string of the molecule is CCCCCCCC/C=C\CCCCCCCC(=O)NC(COC1OC(CO)C(O)C(O)C1O)C(O)CCCCCCCCCCCCCCCCCCCCCCCCCCCCCCCCCC. The first-order valence-electron chi connectivity index (χ1n) is 30.9. The van der Waals surface area contributed by atoms with Crippen LogP contribution in [0.1, 0.15) is 316 Å². The van der Waals surface area contributed by atoms with E-state index >= 15 is 0 Å². The Morgan fingerprint density at radius 3 is 1.16 bits per heavy atom. The van der Waals surface area contributed by atoms with Crippen molar-refractivity contribution in [1.82, 2.24) is 5.32 Å². The number of aliphatic hydroxyl groups excluding tert-OH is 5. The number of hydrogen-bond acceptors (Lipinski definition) is 8. The van der Waals surface area contributed by atoms with Crippen LogP contribution in [-0.4, -0.2) is 87.5 Å². The number of allylic oxidation sites excluding steroid dienone is 2. The molecule has 0 spiro atoms. The molecule has 9 heteroatoms. The van der Waals surface area contributed by atoms with Crippen molar-refractivity contribution in [3.63, 3.8) is 0 Å². The molecule has 1 aliphatic rings. The van der Waals surface area contributed by atoms with Gasteiger partial charge in [0.05, 0.1) is 25.4 Å². The molecule has 70 heavy (non-hydrogen) atoms. The van der Waals surface area contributed by atoms with Crippen LogP contribution in [0.4, 0.5) is 0 Å². The lowest BCUT2D eigenvalue weighted by atomic mass is 9.99. The minimum absolute atomic E-state index is 0.137. The van der Waals surface area contributed by atoms with Gasteiger partial charge in [0, 0.05) is 6.42 Å². The molecule has 1 fully saturated rings. The van der Waals surface area contributed by atoms with Crippen LogP contribution in [0.5, 0.6) is 0 Å². The van der Waals surface area contributed by atoms with E-state index in [1.807, 2.05) is 0 Å². The lowest BCUT2D eigenvalue weighted by molar-refractivity contribution is -0.302. The molecule has 1 heterocycles. The summed E-state index contributed by atoms with van der Waals surface area (Å²) in [5.74, 6) is -0.148. The molecule has 416 valence electrons. The maximum absolute atomic E-state index is 13.0. The third-order valence-electron chi connectivity index (χ3n) is 15.1. The van der Waals surface area contributed by atoms with Crippen molar-refractivity contribution in [1.29, 1.82) is 0 Å². The van der Waals surface area contributed by atoms with Gasteiger partial charge in [-0.25, -0.2) is 0 Å². The fourth-order valence-corrected chi connectivity index (χ4v) is 10.2. The van der Waals surface area contributed by atoms with Gasteiger partial charge in [0.1, 0.15) is 24.4 Å². The third kappa shape index (κ3) is 40.3. The monoisotopic (exact) mass is 994 g/mol. The first-order valence-corrected chi connectivity index (χ1v) is 30.9. The molecule has 1 rings (SSSR count). The Morgan fingerprint density at radius 2 is 0.800 bits per heavy atom. The molecule has 7 unspecified atom stereocenters. The zero-order valence-electron chi connectivity index (χ0n) is 46.3. The van der Waals surface area contributed by atoms with Crippen molar-refractivity contribution in [2.24, 2.45) is 0 Å². The summed E-state index contributed by atoms with van der Waals surface area (Å²) in [6.45, 7) is 3.86. The van der Waals surface area contributed by atoms with Gasteiger partial charge in [-0.05, 0) is 38.5 Å². The largest absolute Gasteiger partial charge is 0.394 e. The zero-order chi connectivity index (χ0) is 50.8. The Hall–Kier alpha value is -1.07. The van der Waals surface area contributed by atoms with E-state index in [2.05, 4.69) is 31.3 Å². The van der Waals surface area contributed by atoms with Gasteiger partial charge >= 0.3 is 0 Å². The fraction of sp³-hybridized carbons (Fsp3) is 0.951. The minimum atomic E-state index is -1.55. The molecular weight excluding hydrogens is 875 g/mol. The smallest absolute Gasteiger partial charge is 0.220 e. The van der Waals surface area contributed by atoms with Crippen LogP contribution in [0.3, 0.4) is 0 Å². The average molecular weight is 995 g/mol. The van der Waals surface area contributed by atoms with E-state index in [4.69, 9.17) is 9.47 Å². The second-order valence-corrected chi connectivity index (χ2v) is 21.9. The van der Waals surface area contributed by atoms with Crippen molar-refractivity contribution in [3.05, 3.63) is 12.2 Å². The van der Waals surface area contributed by atoms with Crippen LogP contribution in [0.15, 0.2) is 12.2 Å². The molecule has 0 saturated carbocycles. The Labute approximate surface area is 433 Å². The summed E-state index contributed by atoms with van der Waals surface area (Å²) in [7, 11) is 0. The Kier molecular flexibility index (Phi) is 49.2. The highest BCUT2D eigenvalue weighted by molar-refractivity contribution is 5.76. The summed E-state index contributed by atoms with van der Waals surface area (Å²) in [6.07, 6.45) is 57.0. The number of amides is 1. The number of rotatable bonds is 54. The molecular formula is C61H119NO8. The average Bonchev–Trinajstić information content (AvgIpc) is 3.36. The highest BCUT2D eigenvalue weighted by Crippen LogP contribution is 2.23. The molecule has 0 bridgehead atoms. The fourth-order valence-electron chi connectivity index (χ4n) is 10.2. The van der Waals surface area contributed by atoms with Crippen LogP contribution >= 0.6 is 0 Å². The molecule has 1 saturated heterocycles. The van der Waals surface area contributed by atoms with Gasteiger partial charge in [0.25, 0.3) is 0 Å². The van der Waals surface area contributed by atoms with E-state index in [9.17, 15) is 30.3 Å². The standard InChI is InChI=1S/C61H119NO8/c1-3-5-7-9-11-13-15-17-19-20-21-22-23-24-25-26-27-28-29-30-31-32-33-34-35-37-38-40-42-44-46-48-50-55(64)54(53-69-61-60(68)59(67)58(66)56(52-63)70-61)62-57(65)51-49-47-45-43-41-39-36-18-16-14-12-10-8-6-4-2/h18,36,54-56,58-61,63-64,66-68H,3-17,19-35,37-53H2,1-2H3,(H,62,65)/b36-18-. The van der Waals surface area contributed by atoms with Gasteiger partial charge in [-0.15, -0.1) is 0 Å². The van der Waals surface area contributed by atoms with E-state index < -0.39 is 49.5 Å². The van der Waals surface area contributed by atoms with Gasteiger partial charge in [-0.1, -0.05) is 283 Å². The molecule has 9 nitrogen and oxygen atoms in total. The molecule has 6 N–H and O–H groups in total. The van der Waals surface area contributed by atoms with Crippen LogP contribution in [-0.2, 0) is 14.3 Å². The summed E-state index contributed by atoms with van der Waals surface area (Å²) < 4.78 is 11.3. The second kappa shape index (κ2) is 51.4. The number of unbranched alkanes of at least 4 members (excludes halogenated alkanes) is 42. The molecule has 0 aromatic carbocycles. The molecule has 7 atom stereocenters. The molecule has 0 aliphatic carbocycles. The summed E-state index contributed by atoms with van der Waals surface area (Å²) in [5.41, 5.74) is 0. The number of hydrogen-bond donors (Lipinski definition) is 6. The second-order valence-electron chi connectivity index (χ2n) is 21.9. The van der Waals surface area contributed by atoms with Crippen molar-refractivity contribution < 1.29 is 39.8 Å². The van der Waals surface area contributed by atoms with Crippen molar-refractivity contribution >= 4 is 5.91 Å². The maximum Gasteiger partial charge on any atom is 0.220 e. The predicted octanol–water partition coefficient (Wildman–Crippen LogP) is 15.6. The van der Waals surface area contributed by atoms with Gasteiger partial charge in [0.15, 0.2) is 6.29 Å². The van der Waals surface area contributed by atoms with Crippen molar-refractivity contribution in [3.8, 4) is 0 Å². The first-order chi connectivity index (χ1) is 34.3. The van der Waals surface area contributed by atoms with E-state index in [1.54, 1.807) is 0 Å². The zero-order valence-corrected chi connectivity index (χ0v) is 46.3. The third-order valence-corrected chi connectivity index (χ3v) is 15.1. The number of ether oxygens (including phenoxy) is 2. The molecule has 1 aliphatic heterocycles. The highest BCUT2D eigenvalue weighted by atomic mass is 16.7. The summed E-state index contributed by atoms with van der Waals surface area (Å²) in [6, 6.07) is -0.721. The van der Waals surface area contributed by atoms with Crippen LogP contribution in [0.25, 0.3) is 0 Å². The van der Waals surface area contributed by atoms with Crippen molar-refractivity contribution in [2.45, 2.75) is 358 Å². The lowest BCUT2D eigenvalue weighted by Crippen LogP contribution is -2.60. The van der Waals surface area contributed by atoms with Crippen molar-refractivity contribution in [2.75, 3.05) is 13.2 Å². The Bertz CT molecular complexity index is 1110. The van der Waals surface area contributed by atoms with Gasteiger partial charge in [0.2, 0.25) is 5.91 Å². The molecule has 1 amide bonds. The maximum atomic E-state index is 13.0. The quantitative estimate of drug-likeness (QED) is 0.0261. The van der Waals surface area contributed by atoms with Crippen LogP contribution < -0.4 is 5.32 Å². The number of carbonyl (C=O) groups excluding carboxylic acids is 1. The molecule has 0 aromatic rings. The predicted molar refractivity (Wildman–Crippen MR) is 295 cm³/mol. The van der Waals surface area contributed by atoms with Crippen LogP contribution in [0.2, 0.25) is 0 Å². The van der Waals surface area contributed by atoms with E-state index in [0.717, 1.165) is 51.4 Å². The highest BCUT2D eigenvalue weighted by Gasteiger charge is 2.44. The molecule has 0 aromatic heterocycles. The first kappa shape index (κ1) is 66.9.